The molecule has 1 heterocycles. The molecule has 5 heteroatoms. The molecule has 1 amide bonds. The summed E-state index contributed by atoms with van der Waals surface area (Å²) in [4.78, 5) is 15.9. The molecule has 0 fully saturated rings. The Hall–Kier alpha value is -1.58. The van der Waals surface area contributed by atoms with Crippen molar-refractivity contribution in [1.82, 2.24) is 4.98 Å². The number of carbonyl (C=O) groups excluding carboxylic acids is 1. The van der Waals surface area contributed by atoms with Crippen molar-refractivity contribution >= 4 is 34.8 Å². The number of nitrogens with zero attached hydrogens (tertiary/aromatic N) is 1. The molecule has 3 nitrogen and oxygen atoms in total. The third-order valence-corrected chi connectivity index (χ3v) is 2.92. The summed E-state index contributed by atoms with van der Waals surface area (Å²) in [5.41, 5.74) is 1.49. The number of rotatable bonds is 4. The van der Waals surface area contributed by atoms with Gasteiger partial charge < -0.3 is 5.32 Å². The van der Waals surface area contributed by atoms with Crippen LogP contribution >= 0.6 is 23.2 Å². The highest BCUT2D eigenvalue weighted by Gasteiger charge is 2.05. The number of hydrogen-bond donors (Lipinski definition) is 1. The zero-order chi connectivity index (χ0) is 13.7. The van der Waals surface area contributed by atoms with Gasteiger partial charge in [-0.3, -0.25) is 9.78 Å². The van der Waals surface area contributed by atoms with Gasteiger partial charge in [0, 0.05) is 34.0 Å². The first kappa shape index (κ1) is 13.8. The number of aromatic nitrogens is 1. The summed E-state index contributed by atoms with van der Waals surface area (Å²) >= 11 is 11.7. The van der Waals surface area contributed by atoms with Crippen LogP contribution in [-0.2, 0) is 11.2 Å². The lowest BCUT2D eigenvalue weighted by Crippen LogP contribution is -2.12. The van der Waals surface area contributed by atoms with Gasteiger partial charge in [0.2, 0.25) is 5.91 Å². The number of halogens is 2. The highest BCUT2D eigenvalue weighted by molar-refractivity contribution is 6.35. The van der Waals surface area contributed by atoms with E-state index in [0.29, 0.717) is 28.6 Å². The SMILES string of the molecule is O=C(CCc1ccccn1)Nc1cc(Cl)cc(Cl)c1. The average molecular weight is 295 g/mol. The van der Waals surface area contributed by atoms with Crippen LogP contribution in [-0.4, -0.2) is 10.9 Å². The summed E-state index contributed by atoms with van der Waals surface area (Å²) in [7, 11) is 0. The molecule has 2 aromatic rings. The molecule has 98 valence electrons. The highest BCUT2D eigenvalue weighted by atomic mass is 35.5. The third-order valence-electron chi connectivity index (χ3n) is 2.48. The molecule has 19 heavy (non-hydrogen) atoms. The lowest BCUT2D eigenvalue weighted by molar-refractivity contribution is -0.116. The first-order chi connectivity index (χ1) is 9.13. The van der Waals surface area contributed by atoms with Gasteiger partial charge in [-0.1, -0.05) is 29.3 Å². The van der Waals surface area contributed by atoms with Crippen molar-refractivity contribution < 1.29 is 4.79 Å². The maximum Gasteiger partial charge on any atom is 0.224 e. The van der Waals surface area contributed by atoms with E-state index in [0.717, 1.165) is 5.69 Å². The predicted molar refractivity (Wildman–Crippen MR) is 77.6 cm³/mol. The number of amides is 1. The maximum absolute atomic E-state index is 11.8. The number of aryl methyl sites for hydroxylation is 1. The standard InChI is InChI=1S/C14H12Cl2N2O/c15-10-7-11(16)9-13(8-10)18-14(19)5-4-12-3-1-2-6-17-12/h1-3,6-9H,4-5H2,(H,18,19). The van der Waals surface area contributed by atoms with Gasteiger partial charge in [-0.25, -0.2) is 0 Å². The molecule has 1 aromatic carbocycles. The van der Waals surface area contributed by atoms with E-state index in [4.69, 9.17) is 23.2 Å². The van der Waals surface area contributed by atoms with Gasteiger partial charge in [0.1, 0.15) is 0 Å². The van der Waals surface area contributed by atoms with E-state index in [2.05, 4.69) is 10.3 Å². The van der Waals surface area contributed by atoms with Crippen LogP contribution in [0.15, 0.2) is 42.6 Å². The summed E-state index contributed by atoms with van der Waals surface area (Å²) in [6, 6.07) is 10.6. The molecule has 1 N–H and O–H groups in total. The number of anilines is 1. The van der Waals surface area contributed by atoms with E-state index >= 15 is 0 Å². The van der Waals surface area contributed by atoms with E-state index in [1.807, 2.05) is 18.2 Å². The summed E-state index contributed by atoms with van der Waals surface area (Å²) in [6.07, 6.45) is 2.67. The molecular weight excluding hydrogens is 283 g/mol. The summed E-state index contributed by atoms with van der Waals surface area (Å²) in [5.74, 6) is -0.0935. The van der Waals surface area contributed by atoms with Crippen molar-refractivity contribution in [2.75, 3.05) is 5.32 Å². The Kier molecular flexibility index (Phi) is 4.77. The Morgan fingerprint density at radius 1 is 1.16 bits per heavy atom. The quantitative estimate of drug-likeness (QED) is 0.927. The third kappa shape index (κ3) is 4.54. The smallest absolute Gasteiger partial charge is 0.224 e. The first-order valence-electron chi connectivity index (χ1n) is 5.79. The van der Waals surface area contributed by atoms with Gasteiger partial charge in [-0.2, -0.15) is 0 Å². The van der Waals surface area contributed by atoms with E-state index < -0.39 is 0 Å². The molecule has 0 aliphatic heterocycles. The van der Waals surface area contributed by atoms with Crippen LogP contribution in [0.4, 0.5) is 5.69 Å². The topological polar surface area (TPSA) is 42.0 Å². The van der Waals surface area contributed by atoms with Crippen LogP contribution in [0.5, 0.6) is 0 Å². The lowest BCUT2D eigenvalue weighted by Gasteiger charge is -2.06. The molecule has 0 spiro atoms. The number of nitrogens with one attached hydrogen (secondary N) is 1. The molecule has 0 aliphatic rings. The Morgan fingerprint density at radius 3 is 2.53 bits per heavy atom. The van der Waals surface area contributed by atoms with Crippen molar-refractivity contribution in [1.29, 1.82) is 0 Å². The van der Waals surface area contributed by atoms with Gasteiger partial charge >= 0.3 is 0 Å². The van der Waals surface area contributed by atoms with Crippen molar-refractivity contribution in [2.45, 2.75) is 12.8 Å². The van der Waals surface area contributed by atoms with Crippen molar-refractivity contribution in [3.05, 3.63) is 58.3 Å². The minimum atomic E-state index is -0.0935. The monoisotopic (exact) mass is 294 g/mol. The minimum Gasteiger partial charge on any atom is -0.326 e. The zero-order valence-corrected chi connectivity index (χ0v) is 11.6. The zero-order valence-electron chi connectivity index (χ0n) is 10.1. The van der Waals surface area contributed by atoms with Crippen LogP contribution in [0.2, 0.25) is 10.0 Å². The van der Waals surface area contributed by atoms with E-state index in [-0.39, 0.29) is 5.91 Å². The van der Waals surface area contributed by atoms with Crippen LogP contribution in [0, 0.1) is 0 Å². The van der Waals surface area contributed by atoms with Gasteiger partial charge in [0.25, 0.3) is 0 Å². The second-order valence-corrected chi connectivity index (χ2v) is 4.90. The van der Waals surface area contributed by atoms with Crippen molar-refractivity contribution in [3.63, 3.8) is 0 Å². The predicted octanol–water partition coefficient (Wildman–Crippen LogP) is 3.96. The van der Waals surface area contributed by atoms with Crippen LogP contribution in [0.25, 0.3) is 0 Å². The lowest BCUT2D eigenvalue weighted by atomic mass is 10.2. The molecule has 0 unspecified atom stereocenters. The summed E-state index contributed by atoms with van der Waals surface area (Å²) < 4.78 is 0. The van der Waals surface area contributed by atoms with Gasteiger partial charge in [-0.15, -0.1) is 0 Å². The van der Waals surface area contributed by atoms with E-state index in [1.165, 1.54) is 0 Å². The molecule has 2 rings (SSSR count). The van der Waals surface area contributed by atoms with Gasteiger partial charge in [0.15, 0.2) is 0 Å². The van der Waals surface area contributed by atoms with Crippen LogP contribution in [0.1, 0.15) is 12.1 Å². The number of benzene rings is 1. The van der Waals surface area contributed by atoms with Crippen molar-refractivity contribution in [3.8, 4) is 0 Å². The summed E-state index contributed by atoms with van der Waals surface area (Å²) in [5, 5.41) is 3.74. The minimum absolute atomic E-state index is 0.0935. The number of pyridine rings is 1. The molecule has 0 saturated carbocycles. The molecule has 1 aromatic heterocycles. The maximum atomic E-state index is 11.8. The Morgan fingerprint density at radius 2 is 1.89 bits per heavy atom. The van der Waals surface area contributed by atoms with Crippen LogP contribution < -0.4 is 5.32 Å². The fourth-order valence-electron chi connectivity index (χ4n) is 1.64. The molecule has 0 saturated heterocycles. The largest absolute Gasteiger partial charge is 0.326 e. The molecule has 0 radical (unpaired) electrons. The number of hydrogen-bond acceptors (Lipinski definition) is 2. The van der Waals surface area contributed by atoms with E-state index in [9.17, 15) is 4.79 Å². The molecular formula is C14H12Cl2N2O. The average Bonchev–Trinajstić information content (AvgIpc) is 2.36. The van der Waals surface area contributed by atoms with Gasteiger partial charge in [-0.05, 0) is 36.8 Å². The highest BCUT2D eigenvalue weighted by Crippen LogP contribution is 2.22. The fraction of sp³-hybridized carbons (Fsp3) is 0.143. The molecule has 0 bridgehead atoms. The second-order valence-electron chi connectivity index (χ2n) is 4.03. The Labute approximate surface area is 121 Å². The molecule has 0 aliphatic carbocycles. The second kappa shape index (κ2) is 6.55. The normalized spacial score (nSPS) is 10.2. The Bertz CT molecular complexity index is 553. The van der Waals surface area contributed by atoms with Crippen LogP contribution in [0.3, 0.4) is 0 Å². The fourth-order valence-corrected chi connectivity index (χ4v) is 2.16. The first-order valence-corrected chi connectivity index (χ1v) is 6.55. The van der Waals surface area contributed by atoms with E-state index in [1.54, 1.807) is 24.4 Å². The molecule has 0 atom stereocenters. The summed E-state index contributed by atoms with van der Waals surface area (Å²) in [6.45, 7) is 0. The Balaban J connectivity index is 1.91. The van der Waals surface area contributed by atoms with Crippen molar-refractivity contribution in [2.24, 2.45) is 0 Å². The number of carbonyl (C=O) groups is 1. The van der Waals surface area contributed by atoms with Gasteiger partial charge in [0.05, 0.1) is 0 Å².